The van der Waals surface area contributed by atoms with E-state index in [2.05, 4.69) is 43.1 Å². The molecule has 4 aromatic carbocycles. The molecule has 9 nitrogen and oxygen atoms in total. The van der Waals surface area contributed by atoms with Gasteiger partial charge in [-0.15, -0.1) is 0 Å². The van der Waals surface area contributed by atoms with E-state index in [9.17, 15) is 23.1 Å². The van der Waals surface area contributed by atoms with E-state index in [1.165, 1.54) is 106 Å². The number of carboxylic acid groups (broad SMARTS) is 1. The predicted molar refractivity (Wildman–Crippen MR) is 213 cm³/mol. The Bertz CT molecular complexity index is 1630. The summed E-state index contributed by atoms with van der Waals surface area (Å²) in [6.07, 6.45) is 11.1. The fourth-order valence-electron chi connectivity index (χ4n) is 5.51. The van der Waals surface area contributed by atoms with Gasteiger partial charge < -0.3 is 25.0 Å². The number of carboxylic acids is 1. The highest BCUT2D eigenvalue weighted by Crippen LogP contribution is 2.25. The van der Waals surface area contributed by atoms with E-state index in [0.717, 1.165) is 0 Å². The summed E-state index contributed by atoms with van der Waals surface area (Å²) in [6, 6.07) is 31.2. The molecule has 0 atom stereocenters. The molecule has 0 bridgehead atoms. The number of hydrogen-bond acceptors (Lipinski definition) is 5. The number of quaternary nitrogens is 1. The topological polar surface area (TPSA) is 127 Å². The minimum absolute atomic E-state index is 0.142. The number of sulfonamides is 1. The Hall–Kier alpha value is -4.67. The molecule has 0 fully saturated rings. The van der Waals surface area contributed by atoms with Crippen LogP contribution in [0.25, 0.3) is 0 Å². The van der Waals surface area contributed by atoms with Gasteiger partial charge in [-0.3, -0.25) is 4.72 Å². The zero-order chi connectivity index (χ0) is 38.1. The fraction of sp³-hybridized carbons (Fsp3) is 0.381. The van der Waals surface area contributed by atoms with Crippen molar-refractivity contribution in [2.24, 2.45) is 0 Å². The number of unbranched alkanes of at least 4 members (excludes halogenated alkanes) is 4. The van der Waals surface area contributed by atoms with Gasteiger partial charge in [-0.2, -0.15) is 0 Å². The molecule has 0 aromatic heterocycles. The number of aromatic carboxylic acids is 1. The fourth-order valence-corrected chi connectivity index (χ4v) is 6.61. The lowest BCUT2D eigenvalue weighted by Crippen LogP contribution is -2.50. The van der Waals surface area contributed by atoms with Gasteiger partial charge in [0.2, 0.25) is 0 Å². The van der Waals surface area contributed by atoms with E-state index < -0.39 is 22.0 Å². The highest BCUT2D eigenvalue weighted by atomic mass is 32.2. The number of carbonyl (C=O) groups excluding carboxylic acids is 2. The Kier molecular flexibility index (Phi) is 20.5. The minimum atomic E-state index is -3.75. The van der Waals surface area contributed by atoms with Crippen molar-refractivity contribution < 1.29 is 27.6 Å². The summed E-state index contributed by atoms with van der Waals surface area (Å²) in [6.45, 7) is 15.0. The summed E-state index contributed by atoms with van der Waals surface area (Å²) in [4.78, 5) is 22.4. The summed E-state index contributed by atoms with van der Waals surface area (Å²) in [5.41, 5.74) is 1.48. The summed E-state index contributed by atoms with van der Waals surface area (Å²) >= 11 is 0. The zero-order valence-electron chi connectivity index (χ0n) is 31.4. The number of rotatable bonds is 18. The van der Waals surface area contributed by atoms with Crippen molar-refractivity contribution in [2.45, 2.75) is 84.0 Å². The van der Waals surface area contributed by atoms with Gasteiger partial charge in [0.05, 0.1) is 48.4 Å². The summed E-state index contributed by atoms with van der Waals surface area (Å²) in [7, 11) is -3.75. The van der Waals surface area contributed by atoms with E-state index in [1.807, 2.05) is 6.07 Å². The number of nitrogens with zero attached hydrogens (tertiary/aromatic N) is 1. The van der Waals surface area contributed by atoms with Crippen molar-refractivity contribution in [1.82, 2.24) is 0 Å². The first-order valence-electron chi connectivity index (χ1n) is 18.5. The number of para-hydroxylation sites is 3. The third-order valence-corrected chi connectivity index (χ3v) is 9.84. The molecule has 52 heavy (non-hydrogen) atoms. The van der Waals surface area contributed by atoms with Crippen LogP contribution in [0.15, 0.2) is 120 Å². The maximum atomic E-state index is 12.5. The maximum Gasteiger partial charge on any atom is 0.323 e. The van der Waals surface area contributed by atoms with Crippen LogP contribution in [0.3, 0.4) is 0 Å². The quantitative estimate of drug-likeness (QED) is 0.0880. The highest BCUT2D eigenvalue weighted by Gasteiger charge is 2.24. The van der Waals surface area contributed by atoms with E-state index in [1.54, 1.807) is 84.9 Å². The third kappa shape index (κ3) is 16.6. The normalized spacial score (nSPS) is 10.8. The second-order valence-corrected chi connectivity index (χ2v) is 14.4. The molecule has 3 N–H and O–H groups in total. The van der Waals surface area contributed by atoms with Crippen LogP contribution < -0.4 is 20.5 Å². The van der Waals surface area contributed by atoms with Crippen LogP contribution in [0.1, 0.15) is 89.4 Å². The summed E-state index contributed by atoms with van der Waals surface area (Å²) < 4.78 is 28.9. The highest BCUT2D eigenvalue weighted by molar-refractivity contribution is 7.92. The van der Waals surface area contributed by atoms with Crippen LogP contribution >= 0.6 is 0 Å². The van der Waals surface area contributed by atoms with Crippen LogP contribution in [-0.2, 0) is 10.0 Å². The van der Waals surface area contributed by atoms with Crippen molar-refractivity contribution in [3.63, 3.8) is 0 Å². The van der Waals surface area contributed by atoms with Gasteiger partial charge >= 0.3 is 6.03 Å². The van der Waals surface area contributed by atoms with Crippen molar-refractivity contribution in [2.75, 3.05) is 41.5 Å². The lowest BCUT2D eigenvalue weighted by molar-refractivity contribution is -0.929. The molecule has 0 aliphatic carbocycles. The Labute approximate surface area is 312 Å². The molecule has 0 aliphatic rings. The molecular weight excluding hydrogens is 673 g/mol. The number of benzene rings is 4. The maximum absolute atomic E-state index is 12.5. The van der Waals surface area contributed by atoms with Gasteiger partial charge in [-0.25, -0.2) is 13.2 Å². The van der Waals surface area contributed by atoms with Gasteiger partial charge in [0, 0.05) is 5.69 Å². The number of amides is 2. The first-order chi connectivity index (χ1) is 25.1. The molecule has 0 saturated heterocycles. The van der Waals surface area contributed by atoms with E-state index in [4.69, 9.17) is 0 Å². The second-order valence-electron chi connectivity index (χ2n) is 12.7. The first-order valence-corrected chi connectivity index (χ1v) is 20.0. The number of urea groups is 1. The smallest absolute Gasteiger partial charge is 0.323 e. The number of carbonyl (C=O) groups is 2. The molecule has 0 saturated carbocycles. The van der Waals surface area contributed by atoms with Crippen LogP contribution in [0.4, 0.5) is 21.9 Å². The molecule has 0 spiro atoms. The number of hydrogen-bond donors (Lipinski definition) is 3. The molecule has 0 aliphatic heterocycles. The van der Waals surface area contributed by atoms with Gasteiger partial charge in [0.25, 0.3) is 10.0 Å². The van der Waals surface area contributed by atoms with Crippen LogP contribution in [0.2, 0.25) is 0 Å². The molecule has 10 heteroatoms. The predicted octanol–water partition coefficient (Wildman–Crippen LogP) is 9.19. The molecule has 0 unspecified atom stereocenters. The summed E-state index contributed by atoms with van der Waals surface area (Å²) in [5.74, 6) is -1.13. The largest absolute Gasteiger partial charge is 0.545 e. The van der Waals surface area contributed by atoms with E-state index in [-0.39, 0.29) is 16.1 Å². The SMILES string of the molecule is CCCC[N+](CCCC)(CCCC)CCCC.O=C(Nc1ccccc1)Nc1ccccc1NS(=O)(=O)c1ccccc1.O=C([O-])c1ccccc1. The molecule has 4 aromatic rings. The van der Waals surface area contributed by atoms with Crippen LogP contribution in [0, 0.1) is 0 Å². The first kappa shape index (κ1) is 43.5. The third-order valence-electron chi connectivity index (χ3n) is 8.46. The molecule has 282 valence electrons. The zero-order valence-corrected chi connectivity index (χ0v) is 32.2. The second kappa shape index (κ2) is 24.5. The monoisotopic (exact) mass is 730 g/mol. The van der Waals surface area contributed by atoms with Crippen LogP contribution in [0.5, 0.6) is 0 Å². The molecular formula is C42H58N4O5S. The van der Waals surface area contributed by atoms with Gasteiger partial charge in [-0.1, -0.05) is 132 Å². The van der Waals surface area contributed by atoms with Crippen molar-refractivity contribution in [3.05, 3.63) is 121 Å². The van der Waals surface area contributed by atoms with Gasteiger partial charge in [0.15, 0.2) is 0 Å². The molecule has 0 radical (unpaired) electrons. The number of nitrogens with one attached hydrogen (secondary N) is 3. The molecule has 4 rings (SSSR count). The van der Waals surface area contributed by atoms with Crippen molar-refractivity contribution in [3.8, 4) is 0 Å². The average molecular weight is 731 g/mol. The van der Waals surface area contributed by atoms with E-state index >= 15 is 0 Å². The molecule has 0 heterocycles. The lowest BCUT2D eigenvalue weighted by atomic mass is 10.1. The van der Waals surface area contributed by atoms with Gasteiger partial charge in [-0.05, 0) is 67.6 Å². The Balaban J connectivity index is 0.000000308. The lowest BCUT2D eigenvalue weighted by Gasteiger charge is -2.39. The van der Waals surface area contributed by atoms with E-state index in [0.29, 0.717) is 11.4 Å². The van der Waals surface area contributed by atoms with Crippen molar-refractivity contribution in [1.29, 1.82) is 0 Å². The summed E-state index contributed by atoms with van der Waals surface area (Å²) in [5, 5.41) is 15.4. The Morgan fingerprint density at radius 1 is 0.558 bits per heavy atom. The Morgan fingerprint density at radius 3 is 1.38 bits per heavy atom. The Morgan fingerprint density at radius 2 is 0.962 bits per heavy atom. The standard InChI is InChI=1S/C19H17N3O3S.C16H36N.C7H6O2/c23-19(20-15-9-3-1-4-10-15)21-17-13-7-8-14-18(17)22-26(24,25)16-11-5-2-6-12-16;1-5-9-13-17(14-10-6-2,15-11-7-3)16-12-8-4;8-7(9)6-4-2-1-3-5-6/h1-14,22H,(H2,20,21,23);5-16H2,1-4H3;1-5H,(H,8,9)/q;+1;/p-1. The molecule has 2 amide bonds. The van der Waals surface area contributed by atoms with Gasteiger partial charge in [0.1, 0.15) is 0 Å². The van der Waals surface area contributed by atoms with Crippen LogP contribution in [-0.4, -0.2) is 51.1 Å². The minimum Gasteiger partial charge on any atom is -0.545 e. The number of anilines is 3. The average Bonchev–Trinajstić information content (AvgIpc) is 3.16. The van der Waals surface area contributed by atoms with Crippen molar-refractivity contribution >= 4 is 39.1 Å².